The maximum Gasteiger partial charge on any atom is 0.295 e. The van der Waals surface area contributed by atoms with Crippen molar-refractivity contribution in [3.63, 3.8) is 0 Å². The quantitative estimate of drug-likeness (QED) is 0.796. The summed E-state index contributed by atoms with van der Waals surface area (Å²) in [4.78, 5) is 4.20. The first-order valence-corrected chi connectivity index (χ1v) is 7.00. The number of benzene rings is 1. The molecule has 108 valence electrons. The van der Waals surface area contributed by atoms with Crippen LogP contribution in [0, 0.1) is 5.82 Å². The van der Waals surface area contributed by atoms with E-state index in [1.807, 2.05) is 0 Å². The zero-order valence-electron chi connectivity index (χ0n) is 11.3. The van der Waals surface area contributed by atoms with Crippen LogP contribution >= 0.6 is 0 Å². The third kappa shape index (κ3) is 2.24. The third-order valence-corrected chi connectivity index (χ3v) is 3.66. The van der Waals surface area contributed by atoms with Crippen LogP contribution in [-0.2, 0) is 19.4 Å². The van der Waals surface area contributed by atoms with E-state index in [0.29, 0.717) is 23.7 Å². The standard InChI is InChI=1S/C14H14FN5O/c15-9-3-4-11-10(8-9)17-14(21-11)16-6-5-13-19-18-12-2-1-7-20(12)13/h3-4,8H,1-2,5-7H2,(H,16,17). The zero-order chi connectivity index (χ0) is 14.2. The maximum atomic E-state index is 13.1. The molecule has 3 aromatic rings. The second-order valence-corrected chi connectivity index (χ2v) is 5.10. The first kappa shape index (κ1) is 12.3. The lowest BCUT2D eigenvalue weighted by molar-refractivity contribution is 0.607. The van der Waals surface area contributed by atoms with Gasteiger partial charge in [0, 0.05) is 32.0 Å². The minimum atomic E-state index is -0.318. The number of oxazole rings is 1. The molecule has 0 aliphatic carbocycles. The van der Waals surface area contributed by atoms with Gasteiger partial charge in [-0.3, -0.25) is 0 Å². The zero-order valence-corrected chi connectivity index (χ0v) is 11.3. The van der Waals surface area contributed by atoms with Gasteiger partial charge in [-0.25, -0.2) is 4.39 Å². The molecule has 0 saturated carbocycles. The molecule has 1 aromatic carbocycles. The van der Waals surface area contributed by atoms with Gasteiger partial charge < -0.3 is 14.3 Å². The summed E-state index contributed by atoms with van der Waals surface area (Å²) >= 11 is 0. The van der Waals surface area contributed by atoms with E-state index in [1.165, 1.54) is 12.1 Å². The lowest BCUT2D eigenvalue weighted by Crippen LogP contribution is -2.09. The lowest BCUT2D eigenvalue weighted by atomic mass is 10.3. The second kappa shape index (κ2) is 4.83. The van der Waals surface area contributed by atoms with Crippen molar-refractivity contribution < 1.29 is 8.81 Å². The number of rotatable bonds is 4. The summed E-state index contributed by atoms with van der Waals surface area (Å²) in [5.41, 5.74) is 1.09. The van der Waals surface area contributed by atoms with E-state index in [-0.39, 0.29) is 5.82 Å². The molecular weight excluding hydrogens is 273 g/mol. The van der Waals surface area contributed by atoms with Crippen molar-refractivity contribution in [3.05, 3.63) is 35.7 Å². The number of nitrogens with zero attached hydrogens (tertiary/aromatic N) is 4. The van der Waals surface area contributed by atoms with Crippen LogP contribution in [0.25, 0.3) is 11.1 Å². The summed E-state index contributed by atoms with van der Waals surface area (Å²) < 4.78 is 20.8. The average molecular weight is 287 g/mol. The van der Waals surface area contributed by atoms with Crippen molar-refractivity contribution >= 4 is 17.1 Å². The van der Waals surface area contributed by atoms with E-state index in [4.69, 9.17) is 4.42 Å². The van der Waals surface area contributed by atoms with E-state index in [0.717, 1.165) is 37.5 Å². The molecule has 0 spiro atoms. The van der Waals surface area contributed by atoms with Crippen molar-refractivity contribution in [1.29, 1.82) is 0 Å². The molecule has 0 amide bonds. The fourth-order valence-electron chi connectivity index (χ4n) is 2.65. The van der Waals surface area contributed by atoms with E-state index in [9.17, 15) is 4.39 Å². The van der Waals surface area contributed by atoms with Crippen LogP contribution in [-0.4, -0.2) is 26.3 Å². The molecule has 1 N–H and O–H groups in total. The number of halogens is 1. The Morgan fingerprint density at radius 3 is 3.24 bits per heavy atom. The topological polar surface area (TPSA) is 68.8 Å². The molecule has 0 saturated heterocycles. The van der Waals surface area contributed by atoms with Gasteiger partial charge in [0.15, 0.2) is 5.58 Å². The van der Waals surface area contributed by atoms with Gasteiger partial charge in [0.05, 0.1) is 0 Å². The van der Waals surface area contributed by atoms with Crippen molar-refractivity contribution in [2.75, 3.05) is 11.9 Å². The molecule has 7 heteroatoms. The van der Waals surface area contributed by atoms with E-state index in [1.54, 1.807) is 6.07 Å². The van der Waals surface area contributed by atoms with Gasteiger partial charge in [-0.15, -0.1) is 10.2 Å². The van der Waals surface area contributed by atoms with Gasteiger partial charge in [0.1, 0.15) is 23.0 Å². The number of aromatic nitrogens is 4. The molecule has 4 rings (SSSR count). The Morgan fingerprint density at radius 2 is 2.29 bits per heavy atom. The SMILES string of the molecule is Fc1ccc2oc(NCCc3nnc4n3CCC4)nc2c1. The Bertz CT molecular complexity index is 794. The Kier molecular flexibility index (Phi) is 2.83. The second-order valence-electron chi connectivity index (χ2n) is 5.10. The minimum absolute atomic E-state index is 0.318. The van der Waals surface area contributed by atoms with E-state index in [2.05, 4.69) is 25.1 Å². The van der Waals surface area contributed by atoms with Gasteiger partial charge in [0.25, 0.3) is 6.01 Å². The molecule has 1 aliphatic heterocycles. The summed E-state index contributed by atoms with van der Waals surface area (Å²) in [5, 5.41) is 11.5. The van der Waals surface area contributed by atoms with Gasteiger partial charge in [-0.2, -0.15) is 4.98 Å². The highest BCUT2D eigenvalue weighted by Crippen LogP contribution is 2.20. The highest BCUT2D eigenvalue weighted by atomic mass is 19.1. The molecular formula is C14H14FN5O. The van der Waals surface area contributed by atoms with Gasteiger partial charge >= 0.3 is 0 Å². The number of anilines is 1. The summed E-state index contributed by atoms with van der Waals surface area (Å²) in [5.74, 6) is 1.74. The fraction of sp³-hybridized carbons (Fsp3) is 0.357. The molecule has 0 fully saturated rings. The summed E-state index contributed by atoms with van der Waals surface area (Å²) in [6.45, 7) is 1.65. The van der Waals surface area contributed by atoms with Crippen molar-refractivity contribution in [2.45, 2.75) is 25.8 Å². The number of aryl methyl sites for hydroxylation is 1. The summed E-state index contributed by atoms with van der Waals surface area (Å²) in [6, 6.07) is 4.69. The third-order valence-electron chi connectivity index (χ3n) is 3.66. The molecule has 6 nitrogen and oxygen atoms in total. The molecule has 0 unspecified atom stereocenters. The predicted molar refractivity (Wildman–Crippen MR) is 74.5 cm³/mol. The first-order chi connectivity index (χ1) is 10.3. The maximum absolute atomic E-state index is 13.1. The Balaban J connectivity index is 1.43. The Labute approximate surface area is 120 Å². The predicted octanol–water partition coefficient (Wildman–Crippen LogP) is 2.16. The molecule has 0 bridgehead atoms. The molecule has 1 aliphatic rings. The van der Waals surface area contributed by atoms with Gasteiger partial charge in [-0.1, -0.05) is 0 Å². The highest BCUT2D eigenvalue weighted by molar-refractivity contribution is 5.74. The normalized spacial score (nSPS) is 13.8. The fourth-order valence-corrected chi connectivity index (χ4v) is 2.65. The first-order valence-electron chi connectivity index (χ1n) is 7.00. The number of nitrogens with one attached hydrogen (secondary N) is 1. The number of hydrogen-bond acceptors (Lipinski definition) is 5. The average Bonchev–Trinajstić information content (AvgIpc) is 3.14. The molecule has 3 heterocycles. The lowest BCUT2D eigenvalue weighted by Gasteiger charge is -2.03. The monoisotopic (exact) mass is 287 g/mol. The van der Waals surface area contributed by atoms with Crippen LogP contribution in [0.4, 0.5) is 10.4 Å². The van der Waals surface area contributed by atoms with Crippen LogP contribution in [0.15, 0.2) is 22.6 Å². The Morgan fingerprint density at radius 1 is 1.33 bits per heavy atom. The minimum Gasteiger partial charge on any atom is -0.424 e. The Hall–Kier alpha value is -2.44. The number of hydrogen-bond donors (Lipinski definition) is 1. The highest BCUT2D eigenvalue weighted by Gasteiger charge is 2.16. The van der Waals surface area contributed by atoms with Crippen LogP contribution in [0.3, 0.4) is 0 Å². The van der Waals surface area contributed by atoms with Gasteiger partial charge in [-0.05, 0) is 18.6 Å². The molecule has 21 heavy (non-hydrogen) atoms. The van der Waals surface area contributed by atoms with Crippen molar-refractivity contribution in [1.82, 2.24) is 19.7 Å². The largest absolute Gasteiger partial charge is 0.424 e. The van der Waals surface area contributed by atoms with Crippen molar-refractivity contribution in [2.24, 2.45) is 0 Å². The number of fused-ring (bicyclic) bond motifs is 2. The van der Waals surface area contributed by atoms with Crippen molar-refractivity contribution in [3.8, 4) is 0 Å². The smallest absolute Gasteiger partial charge is 0.295 e. The summed E-state index contributed by atoms with van der Waals surface area (Å²) in [6.07, 6.45) is 2.90. The van der Waals surface area contributed by atoms with Crippen LogP contribution in [0.5, 0.6) is 0 Å². The molecule has 0 atom stereocenters. The molecule has 2 aromatic heterocycles. The molecule has 0 radical (unpaired) electrons. The van der Waals surface area contributed by atoms with Crippen LogP contribution in [0.2, 0.25) is 0 Å². The van der Waals surface area contributed by atoms with Crippen LogP contribution in [0.1, 0.15) is 18.1 Å². The van der Waals surface area contributed by atoms with E-state index >= 15 is 0 Å². The van der Waals surface area contributed by atoms with Gasteiger partial charge in [0.2, 0.25) is 0 Å². The van der Waals surface area contributed by atoms with Crippen LogP contribution < -0.4 is 5.32 Å². The van der Waals surface area contributed by atoms with E-state index < -0.39 is 0 Å². The summed E-state index contributed by atoms with van der Waals surface area (Å²) in [7, 11) is 0.